The van der Waals surface area contributed by atoms with Gasteiger partial charge in [0.25, 0.3) is 0 Å². The lowest BCUT2D eigenvalue weighted by molar-refractivity contribution is 0.609. The molecule has 1 aromatic heterocycles. The molecule has 0 aromatic carbocycles. The molecule has 0 fully saturated rings. The molecule has 0 aliphatic rings. The van der Waals surface area contributed by atoms with Gasteiger partial charge in [0.15, 0.2) is 9.84 Å². The van der Waals surface area contributed by atoms with Crippen molar-refractivity contribution in [1.29, 1.82) is 5.26 Å². The van der Waals surface area contributed by atoms with E-state index < -0.39 is 9.84 Å². The molecular weight excluding hydrogens is 286 g/mol. The van der Waals surface area contributed by atoms with Gasteiger partial charge in [0.05, 0.1) is 4.21 Å². The Kier molecular flexibility index (Phi) is 5.93. The van der Waals surface area contributed by atoms with Crippen LogP contribution in [0.25, 0.3) is 6.08 Å². The van der Waals surface area contributed by atoms with Gasteiger partial charge in [-0.25, -0.2) is 8.42 Å². The number of nitrogens with zero attached hydrogens (tertiary/aromatic N) is 1. The van der Waals surface area contributed by atoms with Crippen molar-refractivity contribution in [3.05, 3.63) is 21.9 Å². The fourth-order valence-corrected chi connectivity index (χ4v) is 3.99. The van der Waals surface area contributed by atoms with Gasteiger partial charge >= 0.3 is 0 Å². The number of unbranched alkanes of at least 4 members (excludes halogenated alkanes) is 1. The predicted molar refractivity (Wildman–Crippen MR) is 78.4 cm³/mol. The molecular formula is C12H15NO2S3. The molecule has 0 radical (unpaired) electrons. The Morgan fingerprint density at radius 2 is 2.28 bits per heavy atom. The fraction of sp³-hybridized carbons (Fsp3) is 0.417. The number of thioether (sulfide) groups is 1. The van der Waals surface area contributed by atoms with Crippen LogP contribution in [0.1, 0.15) is 24.6 Å². The lowest BCUT2D eigenvalue weighted by Gasteiger charge is -1.95. The largest absolute Gasteiger partial charge is 0.223 e. The van der Waals surface area contributed by atoms with Gasteiger partial charge in [-0.3, -0.25) is 0 Å². The normalized spacial score (nSPS) is 12.4. The molecule has 3 nitrogen and oxygen atoms in total. The van der Waals surface area contributed by atoms with E-state index in [1.807, 2.05) is 12.1 Å². The first-order valence-corrected chi connectivity index (χ1v) is 9.21. The maximum absolute atomic E-state index is 11.3. The molecule has 0 aliphatic carbocycles. The van der Waals surface area contributed by atoms with Crippen molar-refractivity contribution in [2.75, 3.05) is 12.0 Å². The zero-order valence-corrected chi connectivity index (χ0v) is 12.8. The maximum Gasteiger partial charge on any atom is 0.185 e. The molecule has 0 bridgehead atoms. The molecule has 0 unspecified atom stereocenters. The first kappa shape index (κ1) is 15.3. The third-order valence-corrected chi connectivity index (χ3v) is 5.48. The summed E-state index contributed by atoms with van der Waals surface area (Å²) in [5.41, 5.74) is 0. The summed E-state index contributed by atoms with van der Waals surface area (Å²) in [5, 5.41) is 8.81. The smallest absolute Gasteiger partial charge is 0.185 e. The van der Waals surface area contributed by atoms with Crippen LogP contribution in [0.3, 0.4) is 0 Å². The maximum atomic E-state index is 11.3. The second-order valence-electron chi connectivity index (χ2n) is 3.75. The van der Waals surface area contributed by atoms with Gasteiger partial charge in [0, 0.05) is 11.1 Å². The summed E-state index contributed by atoms with van der Waals surface area (Å²) in [7, 11) is -3.42. The molecule has 6 heteroatoms. The Morgan fingerprint density at radius 3 is 2.83 bits per heavy atom. The monoisotopic (exact) mass is 301 g/mol. The summed E-state index contributed by atoms with van der Waals surface area (Å²) in [6, 6.07) is 5.54. The number of hydrogen-bond acceptors (Lipinski definition) is 5. The van der Waals surface area contributed by atoms with E-state index in [9.17, 15) is 8.42 Å². The minimum absolute atomic E-state index is 0.186. The third kappa shape index (κ3) is 4.84. The molecule has 0 amide bonds. The highest BCUT2D eigenvalue weighted by Gasteiger charge is 2.11. The molecule has 1 rings (SSSR count). The summed E-state index contributed by atoms with van der Waals surface area (Å²) < 4.78 is 23.7. The van der Waals surface area contributed by atoms with Crippen LogP contribution in [-0.4, -0.2) is 20.4 Å². The zero-order valence-electron chi connectivity index (χ0n) is 10.3. The molecule has 1 heterocycles. The highest BCUT2D eigenvalue weighted by Crippen LogP contribution is 2.29. The summed E-state index contributed by atoms with van der Waals surface area (Å²) in [4.78, 5) is 0.616. The minimum Gasteiger partial charge on any atom is -0.223 e. The van der Waals surface area contributed by atoms with E-state index in [1.165, 1.54) is 23.8 Å². The first-order chi connectivity index (χ1) is 8.47. The van der Waals surface area contributed by atoms with E-state index in [2.05, 4.69) is 6.92 Å². The van der Waals surface area contributed by atoms with Crippen molar-refractivity contribution >= 4 is 39.0 Å². The van der Waals surface area contributed by atoms with Crippen molar-refractivity contribution < 1.29 is 8.42 Å². The molecule has 0 saturated carbocycles. The van der Waals surface area contributed by atoms with Gasteiger partial charge < -0.3 is 0 Å². The summed E-state index contributed by atoms with van der Waals surface area (Å²) in [5.74, 6) is 1.07. The van der Waals surface area contributed by atoms with E-state index in [-0.39, 0.29) is 4.91 Å². The van der Waals surface area contributed by atoms with Gasteiger partial charge in [-0.1, -0.05) is 13.3 Å². The average molecular weight is 301 g/mol. The molecule has 1 aromatic rings. The second kappa shape index (κ2) is 6.98. The van der Waals surface area contributed by atoms with Crippen molar-refractivity contribution in [2.24, 2.45) is 0 Å². The Morgan fingerprint density at radius 1 is 1.56 bits per heavy atom. The standard InChI is InChI=1S/C12H15NO2S3/c1-3-4-7-16-12-6-5-10(17-12)8-11(9-13)18(2,14)15/h5-6,8H,3-4,7H2,1-2H3. The predicted octanol–water partition coefficient (Wildman–Crippen LogP) is 3.55. The number of rotatable bonds is 6. The number of hydrogen-bond donors (Lipinski definition) is 0. The first-order valence-electron chi connectivity index (χ1n) is 5.52. The quantitative estimate of drug-likeness (QED) is 0.458. The molecule has 18 heavy (non-hydrogen) atoms. The van der Waals surface area contributed by atoms with E-state index in [0.717, 1.165) is 27.5 Å². The van der Waals surface area contributed by atoms with Crippen LogP contribution in [0.5, 0.6) is 0 Å². The highest BCUT2D eigenvalue weighted by atomic mass is 32.2. The lowest BCUT2D eigenvalue weighted by Crippen LogP contribution is -1.97. The highest BCUT2D eigenvalue weighted by molar-refractivity contribution is 8.01. The topological polar surface area (TPSA) is 57.9 Å². The van der Waals surface area contributed by atoms with Crippen molar-refractivity contribution in [1.82, 2.24) is 0 Å². The zero-order chi connectivity index (χ0) is 13.6. The number of thiophene rings is 1. The van der Waals surface area contributed by atoms with Gasteiger partial charge in [-0.15, -0.1) is 23.1 Å². The van der Waals surface area contributed by atoms with E-state index in [1.54, 1.807) is 17.8 Å². The number of allylic oxidation sites excluding steroid dienone is 1. The average Bonchev–Trinajstić information content (AvgIpc) is 2.72. The Hall–Kier alpha value is -0.770. The van der Waals surface area contributed by atoms with Crippen molar-refractivity contribution in [3.8, 4) is 6.07 Å². The summed E-state index contributed by atoms with van der Waals surface area (Å²) >= 11 is 3.28. The Balaban J connectivity index is 2.81. The number of sulfone groups is 1. The van der Waals surface area contributed by atoms with E-state index in [0.29, 0.717) is 0 Å². The van der Waals surface area contributed by atoms with Crippen LogP contribution < -0.4 is 0 Å². The van der Waals surface area contributed by atoms with E-state index >= 15 is 0 Å². The molecule has 98 valence electrons. The Bertz CT molecular complexity index is 564. The Labute approximate surface area is 116 Å². The SMILES string of the molecule is CCCCSc1ccc(C=C(C#N)S(C)(=O)=O)s1. The minimum atomic E-state index is -3.42. The summed E-state index contributed by atoms with van der Waals surface area (Å²) in [6.45, 7) is 2.15. The van der Waals surface area contributed by atoms with Gasteiger partial charge in [-0.05, 0) is 30.4 Å². The second-order valence-corrected chi connectivity index (χ2v) is 8.25. The van der Waals surface area contributed by atoms with Gasteiger partial charge in [0.2, 0.25) is 0 Å². The number of nitriles is 1. The van der Waals surface area contributed by atoms with Crippen molar-refractivity contribution in [3.63, 3.8) is 0 Å². The molecule has 0 atom stereocenters. The van der Waals surface area contributed by atoms with Crippen LogP contribution in [0.15, 0.2) is 21.2 Å². The van der Waals surface area contributed by atoms with Crippen molar-refractivity contribution in [2.45, 2.75) is 24.0 Å². The molecule has 0 saturated heterocycles. The van der Waals surface area contributed by atoms with Crippen LogP contribution in [0, 0.1) is 11.3 Å². The molecule has 0 aliphatic heterocycles. The fourth-order valence-electron chi connectivity index (χ4n) is 1.16. The van der Waals surface area contributed by atoms with Gasteiger partial charge in [-0.2, -0.15) is 5.26 Å². The third-order valence-electron chi connectivity index (χ3n) is 2.13. The lowest BCUT2D eigenvalue weighted by atomic mass is 10.4. The van der Waals surface area contributed by atoms with Crippen LogP contribution in [0.2, 0.25) is 0 Å². The van der Waals surface area contributed by atoms with Gasteiger partial charge in [0.1, 0.15) is 11.0 Å². The molecule has 0 spiro atoms. The van der Waals surface area contributed by atoms with Crippen LogP contribution in [0.4, 0.5) is 0 Å². The summed E-state index contributed by atoms with van der Waals surface area (Å²) in [6.07, 6.45) is 4.81. The molecule has 0 N–H and O–H groups in total. The van der Waals surface area contributed by atoms with Crippen LogP contribution in [-0.2, 0) is 9.84 Å². The van der Waals surface area contributed by atoms with Crippen LogP contribution >= 0.6 is 23.1 Å². The van der Waals surface area contributed by atoms with E-state index in [4.69, 9.17) is 5.26 Å².